The van der Waals surface area contributed by atoms with E-state index in [0.717, 1.165) is 5.75 Å². The number of aromatic nitrogens is 3. The molecule has 1 aromatic carbocycles. The Labute approximate surface area is 127 Å². The van der Waals surface area contributed by atoms with Crippen molar-refractivity contribution in [2.24, 2.45) is 0 Å². The van der Waals surface area contributed by atoms with Crippen molar-refractivity contribution in [3.63, 3.8) is 0 Å². The van der Waals surface area contributed by atoms with Gasteiger partial charge in [-0.1, -0.05) is 0 Å². The van der Waals surface area contributed by atoms with Crippen molar-refractivity contribution in [1.82, 2.24) is 14.6 Å². The van der Waals surface area contributed by atoms with Crippen molar-refractivity contribution in [3.05, 3.63) is 58.6 Å². The number of benzene rings is 1. The van der Waals surface area contributed by atoms with Crippen LogP contribution in [0.25, 0.3) is 5.65 Å². The second-order valence-electron chi connectivity index (χ2n) is 4.84. The monoisotopic (exact) mass is 299 g/mol. The quantitative estimate of drug-likeness (QED) is 0.786. The molecule has 2 heterocycles. The molecule has 22 heavy (non-hydrogen) atoms. The molecule has 2 aromatic heterocycles. The highest BCUT2D eigenvalue weighted by atomic mass is 16.5. The number of H-pyrrole nitrogens is 1. The van der Waals surface area contributed by atoms with Crippen molar-refractivity contribution in [1.29, 1.82) is 0 Å². The molecule has 1 atom stereocenters. The Bertz CT molecular complexity index is 821. The summed E-state index contributed by atoms with van der Waals surface area (Å²) in [6, 6.07) is 10.6. The third-order valence-electron chi connectivity index (χ3n) is 3.26. The molecule has 0 spiro atoms. The molecular formula is C16H17N3O3. The fourth-order valence-electron chi connectivity index (χ4n) is 2.20. The van der Waals surface area contributed by atoms with Crippen LogP contribution < -0.4 is 15.0 Å². The van der Waals surface area contributed by atoms with E-state index in [1.807, 2.05) is 38.1 Å². The maximum Gasteiger partial charge on any atom is 0.273 e. The topological polar surface area (TPSA) is 68.6 Å². The Balaban J connectivity index is 1.80. The second kappa shape index (κ2) is 5.93. The van der Waals surface area contributed by atoms with Gasteiger partial charge in [-0.25, -0.2) is 9.50 Å². The molecule has 1 unspecified atom stereocenters. The highest BCUT2D eigenvalue weighted by molar-refractivity contribution is 5.37. The number of hydrogen-bond donors (Lipinski definition) is 1. The average molecular weight is 299 g/mol. The molecule has 6 heteroatoms. The summed E-state index contributed by atoms with van der Waals surface area (Å²) in [4.78, 5) is 16.4. The fourth-order valence-corrected chi connectivity index (χ4v) is 2.20. The molecule has 1 N–H and O–H groups in total. The van der Waals surface area contributed by atoms with Gasteiger partial charge in [-0.3, -0.25) is 9.89 Å². The Morgan fingerprint density at radius 1 is 1.23 bits per heavy atom. The molecule has 3 aromatic rings. The zero-order valence-electron chi connectivity index (χ0n) is 12.4. The Hall–Kier alpha value is -2.76. The SMILES string of the molecule is CCOc1ccc(OC(C)c2cc(=O)n3[nH]ccc3n2)cc1. The number of fused-ring (bicyclic) bond motifs is 1. The standard InChI is InChI=1S/C16H17N3O3/c1-3-21-12-4-6-13(7-5-12)22-11(2)14-10-16(20)19-15(18-14)8-9-17-19/h4-11,17H,3H2,1-2H3. The molecule has 0 amide bonds. The van der Waals surface area contributed by atoms with E-state index < -0.39 is 0 Å². The molecule has 3 rings (SSSR count). The Morgan fingerprint density at radius 3 is 2.68 bits per heavy atom. The van der Waals surface area contributed by atoms with Gasteiger partial charge in [0.15, 0.2) is 5.65 Å². The lowest BCUT2D eigenvalue weighted by Crippen LogP contribution is -2.17. The van der Waals surface area contributed by atoms with Crippen LogP contribution in [0.3, 0.4) is 0 Å². The van der Waals surface area contributed by atoms with Crippen molar-refractivity contribution < 1.29 is 9.47 Å². The van der Waals surface area contributed by atoms with Gasteiger partial charge in [-0.05, 0) is 38.1 Å². The van der Waals surface area contributed by atoms with Crippen LogP contribution in [-0.4, -0.2) is 21.2 Å². The number of aromatic amines is 1. The van der Waals surface area contributed by atoms with E-state index in [0.29, 0.717) is 23.7 Å². The molecule has 0 fully saturated rings. The van der Waals surface area contributed by atoms with Crippen molar-refractivity contribution in [3.8, 4) is 11.5 Å². The first kappa shape index (κ1) is 14.2. The van der Waals surface area contributed by atoms with Gasteiger partial charge in [-0.2, -0.15) is 0 Å². The Morgan fingerprint density at radius 2 is 1.95 bits per heavy atom. The molecule has 0 aliphatic rings. The van der Waals surface area contributed by atoms with Gasteiger partial charge in [-0.15, -0.1) is 0 Å². The van der Waals surface area contributed by atoms with Gasteiger partial charge in [0.25, 0.3) is 5.56 Å². The number of nitrogens with one attached hydrogen (secondary N) is 1. The average Bonchev–Trinajstić information content (AvgIpc) is 2.98. The number of nitrogens with zero attached hydrogens (tertiary/aromatic N) is 2. The summed E-state index contributed by atoms with van der Waals surface area (Å²) in [6.07, 6.45) is 1.34. The van der Waals surface area contributed by atoms with Crippen LogP contribution in [0.4, 0.5) is 0 Å². The largest absolute Gasteiger partial charge is 0.494 e. The van der Waals surface area contributed by atoms with E-state index in [4.69, 9.17) is 9.47 Å². The summed E-state index contributed by atoms with van der Waals surface area (Å²) in [5.41, 5.74) is 1.01. The minimum Gasteiger partial charge on any atom is -0.494 e. The van der Waals surface area contributed by atoms with E-state index >= 15 is 0 Å². The van der Waals surface area contributed by atoms with E-state index in [-0.39, 0.29) is 11.7 Å². The van der Waals surface area contributed by atoms with Crippen molar-refractivity contribution in [2.45, 2.75) is 20.0 Å². The third-order valence-corrected chi connectivity index (χ3v) is 3.26. The third kappa shape index (κ3) is 2.81. The minimum absolute atomic E-state index is 0.160. The van der Waals surface area contributed by atoms with Gasteiger partial charge >= 0.3 is 0 Å². The minimum atomic E-state index is -0.328. The highest BCUT2D eigenvalue weighted by Gasteiger charge is 2.12. The maximum atomic E-state index is 12.0. The predicted octanol–water partition coefficient (Wildman–Crippen LogP) is 2.56. The van der Waals surface area contributed by atoms with Gasteiger partial charge in [0, 0.05) is 18.3 Å². The lowest BCUT2D eigenvalue weighted by atomic mass is 10.2. The summed E-state index contributed by atoms with van der Waals surface area (Å²) in [7, 11) is 0. The van der Waals surface area contributed by atoms with E-state index in [9.17, 15) is 4.79 Å². The summed E-state index contributed by atoms with van der Waals surface area (Å²) >= 11 is 0. The molecule has 0 radical (unpaired) electrons. The smallest absolute Gasteiger partial charge is 0.273 e. The molecule has 114 valence electrons. The first-order chi connectivity index (χ1) is 10.7. The molecule has 6 nitrogen and oxygen atoms in total. The maximum absolute atomic E-state index is 12.0. The van der Waals surface area contributed by atoms with Crippen LogP contribution >= 0.6 is 0 Å². The van der Waals surface area contributed by atoms with Crippen molar-refractivity contribution in [2.75, 3.05) is 6.61 Å². The fraction of sp³-hybridized carbons (Fsp3) is 0.250. The molecule has 0 aliphatic carbocycles. The highest BCUT2D eigenvalue weighted by Crippen LogP contribution is 2.22. The van der Waals surface area contributed by atoms with Crippen molar-refractivity contribution >= 4 is 5.65 Å². The number of rotatable bonds is 5. The molecule has 0 aliphatic heterocycles. The predicted molar refractivity (Wildman–Crippen MR) is 82.5 cm³/mol. The van der Waals surface area contributed by atoms with Crippen LogP contribution in [-0.2, 0) is 0 Å². The zero-order chi connectivity index (χ0) is 15.5. The normalized spacial score (nSPS) is 12.3. The molecule has 0 bridgehead atoms. The van der Waals surface area contributed by atoms with Gasteiger partial charge in [0.1, 0.15) is 17.6 Å². The van der Waals surface area contributed by atoms with Gasteiger partial charge in [0.05, 0.1) is 12.3 Å². The first-order valence-corrected chi connectivity index (χ1v) is 7.14. The van der Waals surface area contributed by atoms with E-state index in [2.05, 4.69) is 10.1 Å². The first-order valence-electron chi connectivity index (χ1n) is 7.14. The lowest BCUT2D eigenvalue weighted by molar-refractivity contribution is 0.221. The molecule has 0 saturated heterocycles. The second-order valence-corrected chi connectivity index (χ2v) is 4.84. The van der Waals surface area contributed by atoms with Crippen LogP contribution in [0.2, 0.25) is 0 Å². The van der Waals surface area contributed by atoms with Crippen LogP contribution in [0, 0.1) is 0 Å². The summed E-state index contributed by atoms with van der Waals surface area (Å²) < 4.78 is 12.6. The van der Waals surface area contributed by atoms with E-state index in [1.54, 1.807) is 12.3 Å². The summed E-state index contributed by atoms with van der Waals surface area (Å²) in [6.45, 7) is 4.43. The van der Waals surface area contributed by atoms with Gasteiger partial charge in [0.2, 0.25) is 0 Å². The van der Waals surface area contributed by atoms with Crippen LogP contribution in [0.1, 0.15) is 25.6 Å². The molecule has 0 saturated carbocycles. The van der Waals surface area contributed by atoms with Gasteiger partial charge < -0.3 is 9.47 Å². The Kier molecular flexibility index (Phi) is 3.82. The number of ether oxygens (including phenoxy) is 2. The van der Waals surface area contributed by atoms with E-state index in [1.165, 1.54) is 10.6 Å². The summed E-state index contributed by atoms with van der Waals surface area (Å²) in [5, 5.41) is 2.81. The lowest BCUT2D eigenvalue weighted by Gasteiger charge is -2.14. The summed E-state index contributed by atoms with van der Waals surface area (Å²) in [5.74, 6) is 1.50. The molecular weight excluding hydrogens is 282 g/mol. The number of hydrogen-bond acceptors (Lipinski definition) is 4. The van der Waals surface area contributed by atoms with Crippen LogP contribution in [0.15, 0.2) is 47.4 Å². The van der Waals surface area contributed by atoms with Crippen LogP contribution in [0.5, 0.6) is 11.5 Å². The zero-order valence-corrected chi connectivity index (χ0v) is 12.4.